The predicted molar refractivity (Wildman–Crippen MR) is 95.8 cm³/mol. The molecule has 0 fully saturated rings. The van der Waals surface area contributed by atoms with Crippen LogP contribution in [-0.2, 0) is 13.1 Å². The van der Waals surface area contributed by atoms with Crippen molar-refractivity contribution in [1.29, 1.82) is 0 Å². The van der Waals surface area contributed by atoms with Crippen molar-refractivity contribution in [3.8, 4) is 17.1 Å². The van der Waals surface area contributed by atoms with Crippen LogP contribution in [-0.4, -0.2) is 28.2 Å². The predicted octanol–water partition coefficient (Wildman–Crippen LogP) is 4.44. The lowest BCUT2D eigenvalue weighted by Crippen LogP contribution is -2.25. The summed E-state index contributed by atoms with van der Waals surface area (Å²) in [5.74, 6) is 2.00. The molecule has 2 heterocycles. The van der Waals surface area contributed by atoms with Gasteiger partial charge in [0.1, 0.15) is 12.4 Å². The fourth-order valence-electron chi connectivity index (χ4n) is 2.78. The van der Waals surface area contributed by atoms with E-state index in [1.165, 1.54) is 0 Å². The van der Waals surface area contributed by atoms with Crippen LogP contribution in [0.2, 0.25) is 10.0 Å². The molecule has 1 aliphatic heterocycles. The second-order valence-electron chi connectivity index (χ2n) is 5.83. The van der Waals surface area contributed by atoms with E-state index in [0.717, 1.165) is 23.4 Å². The fourth-order valence-corrected chi connectivity index (χ4v) is 3.10. The Hall–Kier alpha value is -2.08. The van der Waals surface area contributed by atoms with E-state index < -0.39 is 0 Å². The summed E-state index contributed by atoms with van der Waals surface area (Å²) < 4.78 is 11.2. The van der Waals surface area contributed by atoms with Crippen molar-refractivity contribution in [1.82, 2.24) is 15.0 Å². The summed E-state index contributed by atoms with van der Waals surface area (Å²) in [6, 6.07) is 13.0. The highest BCUT2D eigenvalue weighted by atomic mass is 35.5. The van der Waals surface area contributed by atoms with Crippen LogP contribution in [0, 0.1) is 0 Å². The number of halogens is 2. The Morgan fingerprint density at radius 3 is 2.68 bits per heavy atom. The minimum absolute atomic E-state index is 0.551. The molecule has 0 N–H and O–H groups in total. The molecule has 0 unspecified atom stereocenters. The molecule has 4 rings (SSSR count). The molecule has 7 heteroatoms. The molecular weight excluding hydrogens is 361 g/mol. The maximum atomic E-state index is 6.10. The lowest BCUT2D eigenvalue weighted by atomic mass is 10.2. The molecule has 2 aromatic carbocycles. The molecule has 0 atom stereocenters. The molecule has 0 aliphatic carbocycles. The van der Waals surface area contributed by atoms with Crippen molar-refractivity contribution in [2.24, 2.45) is 0 Å². The molecule has 0 bridgehead atoms. The molecule has 1 aliphatic rings. The van der Waals surface area contributed by atoms with Crippen LogP contribution in [0.25, 0.3) is 11.4 Å². The monoisotopic (exact) mass is 375 g/mol. The van der Waals surface area contributed by atoms with Crippen molar-refractivity contribution < 1.29 is 9.26 Å². The van der Waals surface area contributed by atoms with Gasteiger partial charge in [-0.1, -0.05) is 28.4 Å². The van der Waals surface area contributed by atoms with Crippen LogP contribution in [0.5, 0.6) is 5.75 Å². The van der Waals surface area contributed by atoms with Crippen LogP contribution in [0.1, 0.15) is 11.5 Å². The van der Waals surface area contributed by atoms with Crippen LogP contribution in [0.4, 0.5) is 0 Å². The molecular formula is C18H15Cl2N3O2. The molecule has 0 amide bonds. The van der Waals surface area contributed by atoms with Crippen molar-refractivity contribution >= 4 is 23.2 Å². The quantitative estimate of drug-likeness (QED) is 0.677. The second kappa shape index (κ2) is 7.04. The number of hydrogen-bond acceptors (Lipinski definition) is 5. The largest absolute Gasteiger partial charge is 0.492 e. The summed E-state index contributed by atoms with van der Waals surface area (Å²) >= 11 is 12.0. The van der Waals surface area contributed by atoms with E-state index >= 15 is 0 Å². The van der Waals surface area contributed by atoms with Crippen LogP contribution >= 0.6 is 23.2 Å². The van der Waals surface area contributed by atoms with Crippen LogP contribution in [0.15, 0.2) is 47.0 Å². The maximum absolute atomic E-state index is 6.10. The molecule has 0 saturated heterocycles. The van der Waals surface area contributed by atoms with Gasteiger partial charge in [-0.2, -0.15) is 4.98 Å². The minimum atomic E-state index is 0.551. The summed E-state index contributed by atoms with van der Waals surface area (Å²) in [6.07, 6.45) is 0. The van der Waals surface area contributed by atoms with E-state index in [4.69, 9.17) is 32.5 Å². The molecule has 3 aromatic rings. The zero-order chi connectivity index (χ0) is 17.2. The Balaban J connectivity index is 1.50. The molecule has 25 heavy (non-hydrogen) atoms. The van der Waals surface area contributed by atoms with Crippen molar-refractivity contribution in [3.05, 3.63) is 64.0 Å². The van der Waals surface area contributed by atoms with E-state index in [9.17, 15) is 0 Å². The normalized spacial score (nSPS) is 14.6. The SMILES string of the molecule is Clc1ccc(-c2noc(CN3CCOc4ccc(Cl)cc4C3)n2)cc1. The van der Waals surface area contributed by atoms with Gasteiger partial charge >= 0.3 is 0 Å². The number of benzene rings is 2. The van der Waals surface area contributed by atoms with Crippen LogP contribution in [0.3, 0.4) is 0 Å². The summed E-state index contributed by atoms with van der Waals surface area (Å²) in [4.78, 5) is 6.67. The van der Waals surface area contributed by atoms with Gasteiger partial charge in [0.15, 0.2) is 0 Å². The Morgan fingerprint density at radius 2 is 1.84 bits per heavy atom. The van der Waals surface area contributed by atoms with Gasteiger partial charge < -0.3 is 9.26 Å². The van der Waals surface area contributed by atoms with Gasteiger partial charge in [0.25, 0.3) is 0 Å². The average molecular weight is 376 g/mol. The smallest absolute Gasteiger partial charge is 0.241 e. The summed E-state index contributed by atoms with van der Waals surface area (Å²) in [5.41, 5.74) is 1.93. The van der Waals surface area contributed by atoms with Gasteiger partial charge in [-0.15, -0.1) is 0 Å². The van der Waals surface area contributed by atoms with E-state index in [0.29, 0.717) is 41.5 Å². The Kier molecular flexibility index (Phi) is 4.61. The van der Waals surface area contributed by atoms with E-state index in [-0.39, 0.29) is 0 Å². The van der Waals surface area contributed by atoms with E-state index in [1.807, 2.05) is 30.3 Å². The van der Waals surface area contributed by atoms with E-state index in [1.54, 1.807) is 12.1 Å². The molecule has 128 valence electrons. The zero-order valence-electron chi connectivity index (χ0n) is 13.3. The van der Waals surface area contributed by atoms with Gasteiger partial charge in [-0.05, 0) is 42.5 Å². The van der Waals surface area contributed by atoms with Crippen LogP contribution < -0.4 is 4.74 Å². The Morgan fingerprint density at radius 1 is 1.04 bits per heavy atom. The first-order valence-electron chi connectivity index (χ1n) is 7.89. The third kappa shape index (κ3) is 3.79. The number of ether oxygens (including phenoxy) is 1. The molecule has 5 nitrogen and oxygen atoms in total. The van der Waals surface area contributed by atoms with Crippen molar-refractivity contribution in [3.63, 3.8) is 0 Å². The number of aromatic nitrogens is 2. The number of rotatable bonds is 3. The maximum Gasteiger partial charge on any atom is 0.241 e. The third-order valence-electron chi connectivity index (χ3n) is 4.01. The molecule has 0 spiro atoms. The van der Waals surface area contributed by atoms with Crippen molar-refractivity contribution in [2.75, 3.05) is 13.2 Å². The minimum Gasteiger partial charge on any atom is -0.492 e. The Labute approximate surface area is 155 Å². The highest BCUT2D eigenvalue weighted by Crippen LogP contribution is 2.27. The number of nitrogens with zero attached hydrogens (tertiary/aromatic N) is 3. The van der Waals surface area contributed by atoms with Gasteiger partial charge in [-0.3, -0.25) is 4.90 Å². The topological polar surface area (TPSA) is 51.4 Å². The standard InChI is InChI=1S/C18H15Cl2N3O2/c19-14-3-1-12(2-4-14)18-21-17(25-22-18)11-23-7-8-24-16-6-5-15(20)9-13(16)10-23/h1-6,9H,7-8,10-11H2. The highest BCUT2D eigenvalue weighted by molar-refractivity contribution is 6.30. The molecule has 1 aromatic heterocycles. The molecule has 0 radical (unpaired) electrons. The Bertz CT molecular complexity index is 880. The van der Waals surface area contributed by atoms with Gasteiger partial charge in [0, 0.05) is 34.3 Å². The van der Waals surface area contributed by atoms with Crippen molar-refractivity contribution in [2.45, 2.75) is 13.1 Å². The number of fused-ring (bicyclic) bond motifs is 1. The third-order valence-corrected chi connectivity index (χ3v) is 4.50. The first kappa shape index (κ1) is 16.4. The second-order valence-corrected chi connectivity index (χ2v) is 6.70. The van der Waals surface area contributed by atoms with Gasteiger partial charge in [-0.25, -0.2) is 0 Å². The lowest BCUT2D eigenvalue weighted by Gasteiger charge is -2.16. The average Bonchev–Trinajstić information content (AvgIpc) is 2.96. The number of hydrogen-bond donors (Lipinski definition) is 0. The van der Waals surface area contributed by atoms with Gasteiger partial charge in [0.05, 0.1) is 6.54 Å². The summed E-state index contributed by atoms with van der Waals surface area (Å²) in [7, 11) is 0. The van der Waals surface area contributed by atoms with Gasteiger partial charge in [0.2, 0.25) is 11.7 Å². The summed E-state index contributed by atoms with van der Waals surface area (Å²) in [6.45, 7) is 2.64. The fraction of sp³-hybridized carbons (Fsp3) is 0.222. The first-order chi connectivity index (χ1) is 12.2. The highest BCUT2D eigenvalue weighted by Gasteiger charge is 2.18. The van der Waals surface area contributed by atoms with E-state index in [2.05, 4.69) is 15.0 Å². The molecule has 0 saturated carbocycles. The first-order valence-corrected chi connectivity index (χ1v) is 8.65. The zero-order valence-corrected chi connectivity index (χ0v) is 14.8. The lowest BCUT2D eigenvalue weighted by molar-refractivity contribution is 0.196. The summed E-state index contributed by atoms with van der Waals surface area (Å²) in [5, 5.41) is 5.43.